The zero-order chi connectivity index (χ0) is 48.2. The van der Waals surface area contributed by atoms with Crippen LogP contribution in [0.2, 0.25) is 0 Å². The highest BCUT2D eigenvalue weighted by molar-refractivity contribution is 5.73. The van der Waals surface area contributed by atoms with Crippen LogP contribution in [0.5, 0.6) is 0 Å². The van der Waals surface area contributed by atoms with E-state index in [0.29, 0.717) is 19.5 Å². The summed E-state index contributed by atoms with van der Waals surface area (Å²) in [7, 11) is 8.69. The maximum absolute atomic E-state index is 13.7. The van der Waals surface area contributed by atoms with Crippen LogP contribution >= 0.6 is 0 Å². The van der Waals surface area contributed by atoms with E-state index < -0.39 is 127 Å². The zero-order valence-corrected chi connectivity index (χ0v) is 40.5. The lowest BCUT2D eigenvalue weighted by molar-refractivity contribution is -0.319. The molecule has 0 aromatic heterocycles. The molecule has 0 amide bonds. The van der Waals surface area contributed by atoms with Crippen LogP contribution in [0.3, 0.4) is 0 Å². The van der Waals surface area contributed by atoms with Crippen molar-refractivity contribution in [2.45, 2.75) is 186 Å². The molecule has 16 atom stereocenters. The second kappa shape index (κ2) is 25.0. The number of carbonyl (C=O) groups is 6. The average Bonchev–Trinajstić information content (AvgIpc) is 3.19. The number of methoxy groups -OCH3 is 1. The van der Waals surface area contributed by atoms with Crippen molar-refractivity contribution in [2.75, 3.05) is 48.4 Å². The fraction of sp³-hybridized carbons (Fsp3) is 0.867. The summed E-state index contributed by atoms with van der Waals surface area (Å²) in [5, 5.41) is 16.6. The number of hydrazine groups is 1. The molecule has 19 nitrogen and oxygen atoms in total. The van der Waals surface area contributed by atoms with Crippen molar-refractivity contribution in [3.63, 3.8) is 0 Å². The predicted molar refractivity (Wildman–Crippen MR) is 230 cm³/mol. The Morgan fingerprint density at radius 1 is 0.906 bits per heavy atom. The highest BCUT2D eigenvalue weighted by Gasteiger charge is 2.56. The number of hydrogen-bond acceptors (Lipinski definition) is 19. The van der Waals surface area contributed by atoms with Crippen molar-refractivity contribution < 1.29 is 76.5 Å². The summed E-state index contributed by atoms with van der Waals surface area (Å²) in [6.07, 6.45) is -9.32. The Bertz CT molecular complexity index is 1550. The third kappa shape index (κ3) is 14.9. The van der Waals surface area contributed by atoms with E-state index in [4.69, 9.17) is 42.6 Å². The van der Waals surface area contributed by atoms with Gasteiger partial charge in [0.1, 0.15) is 36.8 Å². The standard InChI is InChI=1S/C45H77N3O16/c1-15-34(52)61-32-22-36(54)57-26(4)17-19-47(12)48(13)24-33(60-29(7)50)25(3)21-31(18-20-49)38(42(32)56-14)43-40(55)39(46(10)11)41(27(5)59-43)63-37-23-45(9,64-30(8)51)44(28(6)58-37)62-35(53)16-2/h20,25-28,31-33,37-44,55H,15-19,21-24H2,1-14H3/t25-,26-,27-,28+,31+,32-,33+,37-,38+,39-,40-,41-,42-,43+,44+,45-/m1/s1. The minimum atomic E-state index is -1.37. The Balaban J connectivity index is 2.18. The van der Waals surface area contributed by atoms with E-state index >= 15 is 0 Å². The van der Waals surface area contributed by atoms with Gasteiger partial charge in [0, 0.05) is 73.2 Å². The monoisotopic (exact) mass is 916 g/mol. The van der Waals surface area contributed by atoms with Gasteiger partial charge >= 0.3 is 29.8 Å². The largest absolute Gasteiger partial charge is 0.463 e. The van der Waals surface area contributed by atoms with E-state index in [9.17, 15) is 33.9 Å². The lowest BCUT2D eigenvalue weighted by atomic mass is 9.71. The van der Waals surface area contributed by atoms with Gasteiger partial charge in [0.05, 0.1) is 43.4 Å². The summed E-state index contributed by atoms with van der Waals surface area (Å²) in [5.74, 6) is -4.75. The van der Waals surface area contributed by atoms with E-state index in [1.54, 1.807) is 60.5 Å². The molecular formula is C45H77N3O16. The summed E-state index contributed by atoms with van der Waals surface area (Å²) in [4.78, 5) is 78.7. The van der Waals surface area contributed by atoms with Gasteiger partial charge in [0.15, 0.2) is 18.0 Å². The molecule has 3 rings (SSSR count). The molecule has 0 aromatic rings. The predicted octanol–water partition coefficient (Wildman–Crippen LogP) is 2.85. The molecule has 0 aliphatic carbocycles. The van der Waals surface area contributed by atoms with Gasteiger partial charge in [0.25, 0.3) is 0 Å². The van der Waals surface area contributed by atoms with Gasteiger partial charge < -0.3 is 57.4 Å². The molecule has 1 N–H and O–H groups in total. The Kier molecular flexibility index (Phi) is 21.5. The van der Waals surface area contributed by atoms with Gasteiger partial charge in [-0.05, 0) is 66.5 Å². The Morgan fingerprint density at radius 2 is 1.55 bits per heavy atom. The van der Waals surface area contributed by atoms with Crippen LogP contribution in [-0.4, -0.2) is 184 Å². The minimum absolute atomic E-state index is 0.0107. The number of aliphatic hydroxyl groups is 1. The van der Waals surface area contributed by atoms with Crippen molar-refractivity contribution >= 4 is 36.1 Å². The molecule has 19 heteroatoms. The van der Waals surface area contributed by atoms with Crippen LogP contribution in [0.1, 0.15) is 107 Å². The molecule has 0 spiro atoms. The molecular weight excluding hydrogens is 838 g/mol. The van der Waals surface area contributed by atoms with Crippen LogP contribution in [0.15, 0.2) is 0 Å². The number of cyclic esters (lactones) is 1. The van der Waals surface area contributed by atoms with Crippen LogP contribution in [0.25, 0.3) is 0 Å². The average molecular weight is 916 g/mol. The second-order valence-electron chi connectivity index (χ2n) is 18.2. The number of aldehydes is 1. The van der Waals surface area contributed by atoms with E-state index in [-0.39, 0.29) is 38.0 Å². The first kappa shape index (κ1) is 55.0. The third-order valence-electron chi connectivity index (χ3n) is 12.8. The number of hydrogen-bond donors (Lipinski definition) is 1. The molecule has 3 aliphatic heterocycles. The maximum Gasteiger partial charge on any atom is 0.309 e. The van der Waals surface area contributed by atoms with Gasteiger partial charge in [-0.2, -0.15) is 0 Å². The normalized spacial score (nSPS) is 37.8. The molecule has 0 bridgehead atoms. The Labute approximate surface area is 379 Å². The first-order valence-electron chi connectivity index (χ1n) is 22.6. The van der Waals surface area contributed by atoms with Crippen molar-refractivity contribution in [1.29, 1.82) is 0 Å². The van der Waals surface area contributed by atoms with E-state index in [1.165, 1.54) is 21.0 Å². The molecule has 3 aliphatic rings. The van der Waals surface area contributed by atoms with Crippen LogP contribution in [0.4, 0.5) is 0 Å². The van der Waals surface area contributed by atoms with Crippen LogP contribution < -0.4 is 0 Å². The molecule has 3 fully saturated rings. The van der Waals surface area contributed by atoms with Gasteiger partial charge in [-0.15, -0.1) is 0 Å². The third-order valence-corrected chi connectivity index (χ3v) is 12.8. The van der Waals surface area contributed by atoms with Crippen molar-refractivity contribution in [2.24, 2.45) is 17.8 Å². The lowest BCUT2D eigenvalue weighted by Gasteiger charge is -2.53. The summed E-state index contributed by atoms with van der Waals surface area (Å²) < 4.78 is 55.3. The topological polar surface area (TPSA) is 215 Å². The van der Waals surface area contributed by atoms with Gasteiger partial charge in [-0.3, -0.25) is 24.0 Å². The van der Waals surface area contributed by atoms with Gasteiger partial charge in [0.2, 0.25) is 0 Å². The van der Waals surface area contributed by atoms with Crippen molar-refractivity contribution in [1.82, 2.24) is 14.9 Å². The first-order valence-corrected chi connectivity index (χ1v) is 22.6. The molecule has 0 saturated carbocycles. The summed E-state index contributed by atoms with van der Waals surface area (Å²) in [6.45, 7) is 15.5. The number of nitrogens with zero attached hydrogens (tertiary/aromatic N) is 3. The van der Waals surface area contributed by atoms with Crippen LogP contribution in [0, 0.1) is 17.8 Å². The summed E-state index contributed by atoms with van der Waals surface area (Å²) >= 11 is 0. The maximum atomic E-state index is 13.7. The van der Waals surface area contributed by atoms with Crippen molar-refractivity contribution in [3.05, 3.63) is 0 Å². The number of aliphatic hydroxyl groups excluding tert-OH is 1. The molecule has 64 heavy (non-hydrogen) atoms. The Hall–Kier alpha value is -3.30. The highest BCUT2D eigenvalue weighted by atomic mass is 16.7. The number of esters is 5. The summed E-state index contributed by atoms with van der Waals surface area (Å²) in [6, 6.07) is -0.809. The molecule has 3 heterocycles. The quantitative estimate of drug-likeness (QED) is 0.160. The fourth-order valence-electron chi connectivity index (χ4n) is 9.51. The number of likely N-dealkylation sites (N-methyl/N-ethyl adjacent to an activating group) is 2. The first-order chi connectivity index (χ1) is 30.0. The summed E-state index contributed by atoms with van der Waals surface area (Å²) in [5.41, 5.74) is -1.33. The molecule has 0 radical (unpaired) electrons. The van der Waals surface area contributed by atoms with Crippen LogP contribution in [-0.2, 0) is 71.4 Å². The zero-order valence-electron chi connectivity index (χ0n) is 40.5. The molecule has 0 unspecified atom stereocenters. The van der Waals surface area contributed by atoms with Gasteiger partial charge in [-0.25, -0.2) is 10.0 Å². The number of ether oxygens (including phenoxy) is 9. The van der Waals surface area contributed by atoms with E-state index in [0.717, 1.165) is 6.29 Å². The number of carbonyl (C=O) groups excluding carboxylic acids is 6. The smallest absolute Gasteiger partial charge is 0.309 e. The SMILES string of the molecule is CCC(=O)O[C@@H]1CC(=O)O[C@H](C)CCN(C)N(C)C[C@H](OC(C)=O)[C@H](C)C[C@H](CC=O)[C@H]([C@@H]2O[C@H](C)[C@@H](O[C@@H]3C[C@@](C)(OC(C)=O)[C@@H](OC(=O)CC)[C@H](C)O3)[C@H](N(C)C)[C@H]2O)[C@@H]1OC. The highest BCUT2D eigenvalue weighted by Crippen LogP contribution is 2.43. The number of rotatable bonds is 13. The van der Waals surface area contributed by atoms with E-state index in [2.05, 4.69) is 0 Å². The molecule has 0 aromatic carbocycles. The fourth-order valence-corrected chi connectivity index (χ4v) is 9.51. The van der Waals surface area contributed by atoms with Gasteiger partial charge in [-0.1, -0.05) is 20.8 Å². The second-order valence-corrected chi connectivity index (χ2v) is 18.2. The van der Waals surface area contributed by atoms with Crippen molar-refractivity contribution in [3.8, 4) is 0 Å². The van der Waals surface area contributed by atoms with E-state index in [1.807, 2.05) is 31.0 Å². The minimum Gasteiger partial charge on any atom is -0.463 e. The molecule has 3 saturated heterocycles. The molecule has 368 valence electrons. The lowest BCUT2D eigenvalue weighted by Crippen LogP contribution is -2.67. The Morgan fingerprint density at radius 3 is 2.11 bits per heavy atom.